The molecule has 0 aromatic heterocycles. The van der Waals surface area contributed by atoms with Gasteiger partial charge in [-0.2, -0.15) is 4.31 Å². The van der Waals surface area contributed by atoms with Gasteiger partial charge in [-0.1, -0.05) is 72.2 Å². The Hall–Kier alpha value is -2.03. The molecule has 1 N–H and O–H groups in total. The second kappa shape index (κ2) is 10.5. The zero-order chi connectivity index (χ0) is 22.4. The fourth-order valence-electron chi connectivity index (χ4n) is 2.81. The number of rotatable bonds is 8. The van der Waals surface area contributed by atoms with E-state index in [2.05, 4.69) is 5.32 Å². The minimum atomic E-state index is -4.00. The molecule has 1 amide bonds. The highest BCUT2D eigenvalue weighted by Gasteiger charge is 2.28. The van der Waals surface area contributed by atoms with Gasteiger partial charge in [0.1, 0.15) is 4.90 Å². The Kier molecular flexibility index (Phi) is 8.02. The summed E-state index contributed by atoms with van der Waals surface area (Å²) in [5.74, 6) is -0.454. The first-order valence-corrected chi connectivity index (χ1v) is 12.4. The van der Waals surface area contributed by atoms with Gasteiger partial charge in [0, 0.05) is 21.4 Å². The molecule has 3 rings (SSSR count). The van der Waals surface area contributed by atoms with E-state index < -0.39 is 15.9 Å². The molecule has 0 atom stereocenters. The molecule has 3 aromatic rings. The first kappa shape index (κ1) is 23.6. The monoisotopic (exact) mass is 494 g/mol. The van der Waals surface area contributed by atoms with Crippen LogP contribution in [0.4, 0.5) is 5.69 Å². The van der Waals surface area contributed by atoms with Crippen molar-refractivity contribution in [1.82, 2.24) is 4.31 Å². The summed E-state index contributed by atoms with van der Waals surface area (Å²) in [6, 6.07) is 21.3. The Morgan fingerprint density at radius 2 is 1.68 bits per heavy atom. The number of likely N-dealkylation sites (N-methyl/N-ethyl adjacent to an activating group) is 1. The van der Waals surface area contributed by atoms with Gasteiger partial charge in [-0.25, -0.2) is 8.42 Å². The van der Waals surface area contributed by atoms with Gasteiger partial charge in [0.2, 0.25) is 15.9 Å². The van der Waals surface area contributed by atoms with Crippen molar-refractivity contribution in [3.05, 3.63) is 82.8 Å². The summed E-state index contributed by atoms with van der Waals surface area (Å²) >= 11 is 13.5. The van der Waals surface area contributed by atoms with Gasteiger partial charge in [0.05, 0.1) is 17.3 Å². The molecular formula is C22H20Cl2N2O3S2. The summed E-state index contributed by atoms with van der Waals surface area (Å²) < 4.78 is 27.1. The van der Waals surface area contributed by atoms with E-state index in [1.54, 1.807) is 13.0 Å². The maximum absolute atomic E-state index is 13.0. The molecule has 0 radical (unpaired) electrons. The lowest BCUT2D eigenvalue weighted by molar-refractivity contribution is -0.116. The summed E-state index contributed by atoms with van der Waals surface area (Å²) in [5, 5.41) is 3.11. The third-order valence-electron chi connectivity index (χ3n) is 4.32. The van der Waals surface area contributed by atoms with E-state index in [1.807, 2.05) is 48.5 Å². The van der Waals surface area contributed by atoms with Crippen molar-refractivity contribution in [1.29, 1.82) is 0 Å². The average Bonchev–Trinajstić information content (AvgIpc) is 2.75. The molecule has 0 saturated heterocycles. The van der Waals surface area contributed by atoms with Crippen LogP contribution in [0.5, 0.6) is 0 Å². The van der Waals surface area contributed by atoms with Crippen molar-refractivity contribution in [2.24, 2.45) is 0 Å². The molecule has 5 nitrogen and oxygen atoms in total. The second-order valence-electron chi connectivity index (χ2n) is 6.47. The Morgan fingerprint density at radius 3 is 2.39 bits per heavy atom. The SMILES string of the molecule is CCN(CC(=O)Nc1ccccc1Sc1ccccc1)S(=O)(=O)c1cc(Cl)ccc1Cl. The van der Waals surface area contributed by atoms with Crippen molar-refractivity contribution in [3.63, 3.8) is 0 Å². The molecule has 0 heterocycles. The van der Waals surface area contributed by atoms with Crippen molar-refractivity contribution in [3.8, 4) is 0 Å². The van der Waals surface area contributed by atoms with E-state index in [1.165, 1.54) is 30.0 Å². The highest BCUT2D eigenvalue weighted by molar-refractivity contribution is 7.99. The number of carbonyl (C=O) groups is 1. The Labute approximate surface area is 196 Å². The van der Waals surface area contributed by atoms with Crippen LogP contribution in [0.1, 0.15) is 6.92 Å². The summed E-state index contributed by atoms with van der Waals surface area (Å²) in [5.41, 5.74) is 0.607. The summed E-state index contributed by atoms with van der Waals surface area (Å²) in [4.78, 5) is 14.5. The number of nitrogens with zero attached hydrogens (tertiary/aromatic N) is 1. The lowest BCUT2D eigenvalue weighted by Gasteiger charge is -2.21. The average molecular weight is 495 g/mol. The number of benzene rings is 3. The van der Waals surface area contributed by atoms with E-state index >= 15 is 0 Å². The zero-order valence-corrected chi connectivity index (χ0v) is 19.7. The predicted octanol–water partition coefficient (Wildman–Crippen LogP) is 5.79. The Bertz CT molecular complexity index is 1170. The molecule has 0 aliphatic carbocycles. The minimum absolute atomic E-state index is 0.0489. The molecule has 0 unspecified atom stereocenters. The highest BCUT2D eigenvalue weighted by Crippen LogP contribution is 2.33. The van der Waals surface area contributed by atoms with Crippen LogP contribution in [0.2, 0.25) is 10.0 Å². The fraction of sp³-hybridized carbons (Fsp3) is 0.136. The van der Waals surface area contributed by atoms with Gasteiger partial charge in [-0.15, -0.1) is 0 Å². The zero-order valence-electron chi connectivity index (χ0n) is 16.6. The molecule has 0 spiro atoms. The van der Waals surface area contributed by atoms with Crippen molar-refractivity contribution < 1.29 is 13.2 Å². The molecule has 31 heavy (non-hydrogen) atoms. The number of carbonyl (C=O) groups excluding carboxylic acids is 1. The molecule has 9 heteroatoms. The van der Waals surface area contributed by atoms with Gasteiger partial charge < -0.3 is 5.32 Å². The standard InChI is InChI=1S/C22H20Cl2N2O3S2/c1-2-26(31(28,29)21-14-16(23)12-13-18(21)24)15-22(27)25-19-10-6-7-11-20(19)30-17-8-4-3-5-9-17/h3-14H,2,15H2,1H3,(H,25,27). The van der Waals surface area contributed by atoms with Crippen molar-refractivity contribution in [2.45, 2.75) is 21.6 Å². The van der Waals surface area contributed by atoms with E-state index in [4.69, 9.17) is 23.2 Å². The van der Waals surface area contributed by atoms with E-state index in [9.17, 15) is 13.2 Å². The van der Waals surface area contributed by atoms with E-state index in [0.29, 0.717) is 5.69 Å². The van der Waals surface area contributed by atoms with Crippen LogP contribution < -0.4 is 5.32 Å². The maximum atomic E-state index is 13.0. The van der Waals surface area contributed by atoms with E-state index in [0.717, 1.165) is 14.1 Å². The van der Waals surface area contributed by atoms with Crippen molar-refractivity contribution in [2.75, 3.05) is 18.4 Å². The lowest BCUT2D eigenvalue weighted by Crippen LogP contribution is -2.38. The molecule has 0 fully saturated rings. The van der Waals surface area contributed by atoms with E-state index in [-0.39, 0.29) is 28.0 Å². The fourth-order valence-corrected chi connectivity index (χ4v) is 5.87. The van der Waals surface area contributed by atoms with Crippen LogP contribution in [0.3, 0.4) is 0 Å². The Balaban J connectivity index is 1.77. The number of anilines is 1. The molecule has 0 aliphatic heterocycles. The van der Waals surface area contributed by atoms with Gasteiger partial charge >= 0.3 is 0 Å². The molecule has 0 aliphatic rings. The number of hydrogen-bond acceptors (Lipinski definition) is 4. The smallest absolute Gasteiger partial charge is 0.245 e. The molecular weight excluding hydrogens is 475 g/mol. The van der Waals surface area contributed by atoms with Crippen molar-refractivity contribution >= 4 is 56.6 Å². The van der Waals surface area contributed by atoms with Gasteiger partial charge in [0.25, 0.3) is 0 Å². The number of amides is 1. The number of halogens is 2. The maximum Gasteiger partial charge on any atom is 0.245 e. The van der Waals surface area contributed by atoms with Gasteiger partial charge in [0.15, 0.2) is 0 Å². The first-order chi connectivity index (χ1) is 14.8. The quantitative estimate of drug-likeness (QED) is 0.429. The van der Waals surface area contributed by atoms with Crippen LogP contribution >= 0.6 is 35.0 Å². The summed E-state index contributed by atoms with van der Waals surface area (Å²) in [6.45, 7) is 1.40. The van der Waals surface area contributed by atoms with Gasteiger partial charge in [-0.3, -0.25) is 4.79 Å². The highest BCUT2D eigenvalue weighted by atomic mass is 35.5. The number of sulfonamides is 1. The largest absolute Gasteiger partial charge is 0.324 e. The molecule has 0 bridgehead atoms. The van der Waals surface area contributed by atoms with Crippen LogP contribution in [-0.2, 0) is 14.8 Å². The normalized spacial score (nSPS) is 11.5. The lowest BCUT2D eigenvalue weighted by atomic mass is 10.3. The molecule has 162 valence electrons. The topological polar surface area (TPSA) is 66.5 Å². The predicted molar refractivity (Wildman–Crippen MR) is 127 cm³/mol. The van der Waals surface area contributed by atoms with Crippen LogP contribution in [0.25, 0.3) is 0 Å². The number of para-hydroxylation sites is 1. The molecule has 0 saturated carbocycles. The third-order valence-corrected chi connectivity index (χ3v) is 8.04. The minimum Gasteiger partial charge on any atom is -0.324 e. The van der Waals surface area contributed by atoms with Crippen LogP contribution in [-0.4, -0.2) is 31.7 Å². The Morgan fingerprint density at radius 1 is 1.00 bits per heavy atom. The number of hydrogen-bond donors (Lipinski definition) is 1. The molecule has 3 aromatic carbocycles. The second-order valence-corrected chi connectivity index (χ2v) is 10.3. The van der Waals surface area contributed by atoms with Gasteiger partial charge in [-0.05, 0) is 42.5 Å². The van der Waals surface area contributed by atoms with Crippen LogP contribution in [0.15, 0.2) is 87.5 Å². The number of nitrogens with one attached hydrogen (secondary N) is 1. The third kappa shape index (κ3) is 6.02. The summed E-state index contributed by atoms with van der Waals surface area (Å²) in [7, 11) is -4.00. The van der Waals surface area contributed by atoms with Crippen LogP contribution in [0, 0.1) is 0 Å². The first-order valence-electron chi connectivity index (χ1n) is 9.38. The summed E-state index contributed by atoms with van der Waals surface area (Å²) in [6.07, 6.45) is 0.